The molecule has 0 aliphatic rings. The summed E-state index contributed by atoms with van der Waals surface area (Å²) in [5, 5.41) is 33.8. The molecule has 0 saturated carbocycles. The number of nitro groups is 2. The first kappa shape index (κ1) is 22.5. The second kappa shape index (κ2) is 9.30. The third kappa shape index (κ3) is 4.92. The Morgan fingerprint density at radius 2 is 1.62 bits per heavy atom. The number of non-ortho nitro benzene ring substituents is 2. The lowest BCUT2D eigenvalue weighted by molar-refractivity contribution is -0.385. The van der Waals surface area contributed by atoms with Gasteiger partial charge in [-0.15, -0.1) is 0 Å². The Kier molecular flexibility index (Phi) is 6.53. The van der Waals surface area contributed by atoms with Gasteiger partial charge in [-0.3, -0.25) is 25.0 Å². The molecular weight excluding hydrogens is 463 g/mol. The van der Waals surface area contributed by atoms with Gasteiger partial charge >= 0.3 is 0 Å². The van der Waals surface area contributed by atoms with Crippen molar-refractivity contribution >= 4 is 52.2 Å². The number of benzene rings is 2. The number of halogens is 2. The molecule has 0 spiro atoms. The first-order valence-corrected chi connectivity index (χ1v) is 9.36. The van der Waals surface area contributed by atoms with Gasteiger partial charge < -0.3 is 9.73 Å². The van der Waals surface area contributed by atoms with Gasteiger partial charge in [0.05, 0.1) is 25.6 Å². The van der Waals surface area contributed by atoms with Gasteiger partial charge in [0.15, 0.2) is 0 Å². The van der Waals surface area contributed by atoms with E-state index in [1.807, 2.05) is 0 Å². The molecule has 0 bridgehead atoms. The maximum Gasteiger partial charge on any atom is 0.271 e. The molecule has 1 aromatic heterocycles. The number of nitriles is 1. The minimum atomic E-state index is -0.874. The van der Waals surface area contributed by atoms with E-state index in [4.69, 9.17) is 27.6 Å². The van der Waals surface area contributed by atoms with Crippen LogP contribution in [-0.4, -0.2) is 15.8 Å². The van der Waals surface area contributed by atoms with E-state index in [-0.39, 0.29) is 49.8 Å². The maximum absolute atomic E-state index is 12.5. The molecule has 1 heterocycles. The normalized spacial score (nSPS) is 11.0. The van der Waals surface area contributed by atoms with Gasteiger partial charge in [0.25, 0.3) is 17.3 Å². The number of carbonyl (C=O) groups is 1. The average Bonchev–Trinajstić information content (AvgIpc) is 3.21. The molecule has 10 nitrogen and oxygen atoms in total. The van der Waals surface area contributed by atoms with Crippen LogP contribution in [0.4, 0.5) is 17.1 Å². The zero-order chi connectivity index (χ0) is 23.4. The number of hydrogen-bond acceptors (Lipinski definition) is 7. The number of nitro benzene ring substituents is 2. The third-order valence-corrected chi connectivity index (χ3v) is 4.77. The van der Waals surface area contributed by atoms with Crippen molar-refractivity contribution < 1.29 is 19.1 Å². The van der Waals surface area contributed by atoms with Crippen LogP contribution in [0.25, 0.3) is 17.4 Å². The van der Waals surface area contributed by atoms with Crippen molar-refractivity contribution in [3.8, 4) is 17.4 Å². The van der Waals surface area contributed by atoms with Crippen LogP contribution in [0.5, 0.6) is 0 Å². The lowest BCUT2D eigenvalue weighted by Gasteiger charge is -2.06. The second-order valence-electron chi connectivity index (χ2n) is 6.17. The summed E-state index contributed by atoms with van der Waals surface area (Å²) < 4.78 is 5.56. The maximum atomic E-state index is 12.5. The fourth-order valence-corrected chi connectivity index (χ4v) is 2.97. The fraction of sp³-hybridized carbons (Fsp3) is 0. The number of carbonyl (C=O) groups excluding carboxylic acids is 1. The Morgan fingerprint density at radius 3 is 2.25 bits per heavy atom. The average molecular weight is 473 g/mol. The van der Waals surface area contributed by atoms with Crippen LogP contribution in [0.15, 0.2) is 58.5 Å². The summed E-state index contributed by atoms with van der Waals surface area (Å²) in [6, 6.07) is 11.9. The Bertz CT molecular complexity index is 1330. The van der Waals surface area contributed by atoms with E-state index in [0.717, 1.165) is 12.1 Å². The molecule has 0 aliphatic heterocycles. The first-order chi connectivity index (χ1) is 15.2. The zero-order valence-corrected chi connectivity index (χ0v) is 17.3. The Hall–Kier alpha value is -4.20. The van der Waals surface area contributed by atoms with Crippen molar-refractivity contribution in [3.05, 3.63) is 90.1 Å². The van der Waals surface area contributed by atoms with Gasteiger partial charge in [-0.05, 0) is 24.3 Å². The van der Waals surface area contributed by atoms with E-state index in [2.05, 4.69) is 5.32 Å². The first-order valence-electron chi connectivity index (χ1n) is 8.61. The summed E-state index contributed by atoms with van der Waals surface area (Å²) in [5.74, 6) is -0.593. The minimum absolute atomic E-state index is 0.0434. The van der Waals surface area contributed by atoms with Crippen LogP contribution >= 0.6 is 23.2 Å². The van der Waals surface area contributed by atoms with Crippen LogP contribution in [0.2, 0.25) is 10.0 Å². The smallest absolute Gasteiger partial charge is 0.271 e. The highest BCUT2D eigenvalue weighted by Crippen LogP contribution is 2.33. The SMILES string of the molecule is N#C/C(=C\c1ccc(-c2cc([N+](=O)[O-])ccc2Cl)o1)C(=O)Nc1cc([N+](=O)[O-])ccc1Cl. The van der Waals surface area contributed by atoms with Gasteiger partial charge in [0.2, 0.25) is 0 Å². The zero-order valence-electron chi connectivity index (χ0n) is 15.7. The molecule has 160 valence electrons. The summed E-state index contributed by atoms with van der Waals surface area (Å²) in [6.07, 6.45) is 1.13. The second-order valence-corrected chi connectivity index (χ2v) is 6.98. The summed E-state index contributed by atoms with van der Waals surface area (Å²) >= 11 is 12.0. The molecule has 0 unspecified atom stereocenters. The highest BCUT2D eigenvalue weighted by Gasteiger charge is 2.17. The number of nitrogens with zero attached hydrogens (tertiary/aromatic N) is 3. The Balaban J connectivity index is 1.88. The number of furan rings is 1. The Morgan fingerprint density at radius 1 is 1.00 bits per heavy atom. The molecule has 0 saturated heterocycles. The van der Waals surface area contributed by atoms with Crippen molar-refractivity contribution in [1.29, 1.82) is 5.26 Å². The van der Waals surface area contributed by atoms with Crippen molar-refractivity contribution in [3.63, 3.8) is 0 Å². The number of amides is 1. The molecule has 3 rings (SSSR count). The topological polar surface area (TPSA) is 152 Å². The highest BCUT2D eigenvalue weighted by atomic mass is 35.5. The van der Waals surface area contributed by atoms with Crippen LogP contribution in [-0.2, 0) is 4.79 Å². The fourth-order valence-electron chi connectivity index (χ4n) is 2.59. The molecule has 0 radical (unpaired) electrons. The molecular formula is C20H10Cl2N4O6. The van der Waals surface area contributed by atoms with Gasteiger partial charge in [-0.1, -0.05) is 23.2 Å². The van der Waals surface area contributed by atoms with E-state index in [1.54, 1.807) is 6.07 Å². The van der Waals surface area contributed by atoms with E-state index < -0.39 is 15.8 Å². The third-order valence-electron chi connectivity index (χ3n) is 4.11. The predicted molar refractivity (Wildman–Crippen MR) is 116 cm³/mol. The Labute approximate surface area is 189 Å². The molecule has 1 amide bonds. The van der Waals surface area contributed by atoms with E-state index in [1.165, 1.54) is 42.5 Å². The number of nitrogens with one attached hydrogen (secondary N) is 1. The molecule has 2 aromatic carbocycles. The molecule has 3 aromatic rings. The highest BCUT2D eigenvalue weighted by molar-refractivity contribution is 6.34. The lowest BCUT2D eigenvalue weighted by Crippen LogP contribution is -2.13. The van der Waals surface area contributed by atoms with Crippen molar-refractivity contribution in [1.82, 2.24) is 0 Å². The standard InChI is InChI=1S/C20H10Cl2N4O6/c21-16-4-1-12(25(28)29)8-15(16)19-6-3-14(32-19)7-11(10-23)20(27)24-18-9-13(26(30)31)2-5-17(18)22/h1-9H,(H,24,27)/b11-7+. The predicted octanol–water partition coefficient (Wildman–Crippen LogP) is 5.62. The summed E-state index contributed by atoms with van der Waals surface area (Å²) in [7, 11) is 0. The molecule has 1 N–H and O–H groups in total. The molecule has 0 fully saturated rings. The molecule has 0 aliphatic carbocycles. The summed E-state index contributed by atoms with van der Waals surface area (Å²) in [6.45, 7) is 0. The minimum Gasteiger partial charge on any atom is -0.457 e. The number of anilines is 1. The van der Waals surface area contributed by atoms with E-state index in [0.29, 0.717) is 0 Å². The van der Waals surface area contributed by atoms with Crippen molar-refractivity contribution in [2.45, 2.75) is 0 Å². The molecule has 12 heteroatoms. The molecule has 32 heavy (non-hydrogen) atoms. The van der Waals surface area contributed by atoms with E-state index in [9.17, 15) is 30.3 Å². The monoisotopic (exact) mass is 472 g/mol. The largest absolute Gasteiger partial charge is 0.457 e. The van der Waals surface area contributed by atoms with Crippen LogP contribution in [0, 0.1) is 31.6 Å². The van der Waals surface area contributed by atoms with Crippen molar-refractivity contribution in [2.75, 3.05) is 5.32 Å². The van der Waals surface area contributed by atoms with Gasteiger partial charge in [0.1, 0.15) is 23.2 Å². The van der Waals surface area contributed by atoms with Gasteiger partial charge in [0, 0.05) is 35.9 Å². The number of hydrogen-bond donors (Lipinski definition) is 1. The van der Waals surface area contributed by atoms with Gasteiger partial charge in [-0.25, -0.2) is 0 Å². The molecule has 0 atom stereocenters. The summed E-state index contributed by atoms with van der Waals surface area (Å²) in [5.41, 5.74) is -0.651. The van der Waals surface area contributed by atoms with Crippen LogP contribution in [0.1, 0.15) is 5.76 Å². The lowest BCUT2D eigenvalue weighted by atomic mass is 10.1. The quantitative estimate of drug-likeness (QED) is 0.211. The van der Waals surface area contributed by atoms with Crippen LogP contribution in [0.3, 0.4) is 0 Å². The van der Waals surface area contributed by atoms with Crippen molar-refractivity contribution in [2.24, 2.45) is 0 Å². The van der Waals surface area contributed by atoms with Gasteiger partial charge in [-0.2, -0.15) is 5.26 Å². The number of rotatable bonds is 6. The summed E-state index contributed by atoms with van der Waals surface area (Å²) in [4.78, 5) is 33.1. The van der Waals surface area contributed by atoms with Crippen LogP contribution < -0.4 is 5.32 Å². The van der Waals surface area contributed by atoms with E-state index >= 15 is 0 Å².